The molecule has 3 nitrogen and oxygen atoms in total. The maximum Gasteiger partial charge on any atom is 0.226 e. The monoisotopic (exact) mass is 286 g/mol. The van der Waals surface area contributed by atoms with E-state index in [4.69, 9.17) is 0 Å². The third-order valence-electron chi connectivity index (χ3n) is 5.11. The van der Waals surface area contributed by atoms with E-state index in [9.17, 15) is 4.79 Å². The van der Waals surface area contributed by atoms with Crippen molar-refractivity contribution in [2.45, 2.75) is 51.0 Å². The van der Waals surface area contributed by atoms with Gasteiger partial charge < -0.3 is 10.6 Å². The summed E-state index contributed by atoms with van der Waals surface area (Å²) in [5.74, 6) is 0.824. The number of carbonyl (C=O) groups excluding carboxylic acids is 1. The number of hydrogen-bond donors (Lipinski definition) is 2. The van der Waals surface area contributed by atoms with Crippen molar-refractivity contribution >= 4 is 5.91 Å². The second-order valence-corrected chi connectivity index (χ2v) is 6.61. The fourth-order valence-electron chi connectivity index (χ4n) is 3.72. The normalized spacial score (nSPS) is 27.1. The maximum absolute atomic E-state index is 12.8. The summed E-state index contributed by atoms with van der Waals surface area (Å²) in [5.41, 5.74) is 1.24. The lowest BCUT2D eigenvalue weighted by Crippen LogP contribution is -2.48. The molecule has 0 spiro atoms. The van der Waals surface area contributed by atoms with Gasteiger partial charge in [-0.1, -0.05) is 43.7 Å². The van der Waals surface area contributed by atoms with E-state index in [1.54, 1.807) is 0 Å². The van der Waals surface area contributed by atoms with Crippen LogP contribution in [-0.2, 0) is 4.79 Å². The van der Waals surface area contributed by atoms with Crippen LogP contribution < -0.4 is 10.6 Å². The van der Waals surface area contributed by atoms with Crippen LogP contribution in [0.25, 0.3) is 0 Å². The van der Waals surface area contributed by atoms with Crippen molar-refractivity contribution in [1.29, 1.82) is 0 Å². The van der Waals surface area contributed by atoms with Gasteiger partial charge in [0.2, 0.25) is 5.91 Å². The second-order valence-electron chi connectivity index (χ2n) is 6.61. The molecule has 1 saturated heterocycles. The van der Waals surface area contributed by atoms with Gasteiger partial charge in [0.15, 0.2) is 0 Å². The van der Waals surface area contributed by atoms with Gasteiger partial charge in [-0.2, -0.15) is 0 Å². The van der Waals surface area contributed by atoms with Crippen LogP contribution in [0.5, 0.6) is 0 Å². The molecule has 0 aromatic heterocycles. The minimum absolute atomic E-state index is 0.121. The van der Waals surface area contributed by atoms with Gasteiger partial charge in [0, 0.05) is 12.0 Å². The van der Waals surface area contributed by atoms with Gasteiger partial charge >= 0.3 is 0 Å². The van der Waals surface area contributed by atoms with Crippen molar-refractivity contribution in [3.8, 4) is 0 Å². The first-order chi connectivity index (χ1) is 10.2. The van der Waals surface area contributed by atoms with Crippen LogP contribution in [-0.4, -0.2) is 25.0 Å². The number of rotatable bonds is 5. The summed E-state index contributed by atoms with van der Waals surface area (Å²) in [5, 5.41) is 6.71. The lowest BCUT2D eigenvalue weighted by molar-refractivity contribution is -0.133. The predicted molar refractivity (Wildman–Crippen MR) is 85.2 cm³/mol. The van der Waals surface area contributed by atoms with Gasteiger partial charge in [0.05, 0.1) is 5.41 Å². The topological polar surface area (TPSA) is 41.1 Å². The third-order valence-corrected chi connectivity index (χ3v) is 5.11. The zero-order valence-electron chi connectivity index (χ0n) is 12.9. The van der Waals surface area contributed by atoms with Crippen LogP contribution in [0.3, 0.4) is 0 Å². The molecule has 3 heteroatoms. The fraction of sp³-hybridized carbons (Fsp3) is 0.611. The van der Waals surface area contributed by atoms with Crippen molar-refractivity contribution in [2.75, 3.05) is 13.1 Å². The average molecular weight is 286 g/mol. The molecule has 1 aliphatic heterocycles. The molecule has 2 aliphatic rings. The standard InChI is InChI=1S/C18H26N2O/c1-2-8-18(9-11-19-12-10-18)17(21)20-16-13-15(16)14-6-4-3-5-7-14/h3-7,15-16,19H,2,8-13H2,1H3,(H,20,21). The van der Waals surface area contributed by atoms with Crippen molar-refractivity contribution in [3.05, 3.63) is 35.9 Å². The Kier molecular flexibility index (Phi) is 4.29. The Bertz CT molecular complexity index is 474. The fourth-order valence-corrected chi connectivity index (χ4v) is 3.72. The van der Waals surface area contributed by atoms with Crippen LogP contribution in [0.4, 0.5) is 0 Å². The van der Waals surface area contributed by atoms with Gasteiger partial charge in [-0.3, -0.25) is 4.79 Å². The van der Waals surface area contributed by atoms with E-state index in [0.717, 1.165) is 45.2 Å². The van der Waals surface area contributed by atoms with Gasteiger partial charge in [0.25, 0.3) is 0 Å². The van der Waals surface area contributed by atoms with Crippen molar-refractivity contribution in [1.82, 2.24) is 10.6 Å². The third kappa shape index (κ3) is 3.13. The second kappa shape index (κ2) is 6.18. The lowest BCUT2D eigenvalue weighted by atomic mass is 9.74. The highest BCUT2D eigenvalue weighted by atomic mass is 16.2. The van der Waals surface area contributed by atoms with Crippen molar-refractivity contribution in [2.24, 2.45) is 5.41 Å². The molecule has 1 amide bonds. The van der Waals surface area contributed by atoms with E-state index < -0.39 is 0 Å². The SMILES string of the molecule is CCCC1(C(=O)NC2CC2c2ccccc2)CCNCC1. The first kappa shape index (κ1) is 14.6. The Balaban J connectivity index is 1.61. The molecule has 1 heterocycles. The minimum Gasteiger partial charge on any atom is -0.352 e. The zero-order chi connectivity index (χ0) is 14.7. The van der Waals surface area contributed by atoms with E-state index in [2.05, 4.69) is 41.8 Å². The Morgan fingerprint density at radius 1 is 1.29 bits per heavy atom. The Hall–Kier alpha value is -1.35. The molecular weight excluding hydrogens is 260 g/mol. The van der Waals surface area contributed by atoms with Gasteiger partial charge in [-0.05, 0) is 44.3 Å². The van der Waals surface area contributed by atoms with E-state index in [0.29, 0.717) is 17.9 Å². The number of benzene rings is 1. The number of nitrogens with one attached hydrogen (secondary N) is 2. The Morgan fingerprint density at radius 3 is 2.67 bits per heavy atom. The molecule has 0 radical (unpaired) electrons. The predicted octanol–water partition coefficient (Wildman–Crippen LogP) is 2.83. The molecule has 2 N–H and O–H groups in total. The molecule has 1 saturated carbocycles. The molecule has 1 aromatic rings. The summed E-state index contributed by atoms with van der Waals surface area (Å²) in [6.45, 7) is 4.13. The summed E-state index contributed by atoms with van der Waals surface area (Å²) in [6, 6.07) is 10.9. The van der Waals surface area contributed by atoms with Gasteiger partial charge in [0.1, 0.15) is 0 Å². The highest BCUT2D eigenvalue weighted by Gasteiger charge is 2.44. The highest BCUT2D eigenvalue weighted by Crippen LogP contribution is 2.42. The van der Waals surface area contributed by atoms with E-state index in [-0.39, 0.29) is 5.41 Å². The number of piperidine rings is 1. The minimum atomic E-state index is -0.121. The molecule has 0 bridgehead atoms. The van der Waals surface area contributed by atoms with Gasteiger partial charge in [-0.15, -0.1) is 0 Å². The van der Waals surface area contributed by atoms with Crippen LogP contribution in [0, 0.1) is 5.41 Å². The molecule has 2 fully saturated rings. The smallest absolute Gasteiger partial charge is 0.226 e. The molecule has 1 aromatic carbocycles. The Morgan fingerprint density at radius 2 is 2.00 bits per heavy atom. The molecule has 3 rings (SSSR count). The molecular formula is C18H26N2O. The summed E-state index contributed by atoms with van der Waals surface area (Å²) in [4.78, 5) is 12.8. The molecule has 2 unspecified atom stereocenters. The van der Waals surface area contributed by atoms with Gasteiger partial charge in [-0.25, -0.2) is 0 Å². The molecule has 114 valence electrons. The highest BCUT2D eigenvalue weighted by molar-refractivity contribution is 5.83. The zero-order valence-corrected chi connectivity index (χ0v) is 12.9. The van der Waals surface area contributed by atoms with E-state index in [1.807, 2.05) is 6.07 Å². The van der Waals surface area contributed by atoms with Crippen LogP contribution in [0.1, 0.15) is 50.5 Å². The number of amides is 1. The molecule has 1 aliphatic carbocycles. The maximum atomic E-state index is 12.8. The van der Waals surface area contributed by atoms with Crippen LogP contribution in [0.15, 0.2) is 30.3 Å². The summed E-state index contributed by atoms with van der Waals surface area (Å²) in [7, 11) is 0. The summed E-state index contributed by atoms with van der Waals surface area (Å²) in [6.07, 6.45) is 5.16. The van der Waals surface area contributed by atoms with E-state index >= 15 is 0 Å². The number of hydrogen-bond acceptors (Lipinski definition) is 2. The largest absolute Gasteiger partial charge is 0.352 e. The van der Waals surface area contributed by atoms with Crippen molar-refractivity contribution in [3.63, 3.8) is 0 Å². The Labute approximate surface area is 127 Å². The molecule has 2 atom stereocenters. The van der Waals surface area contributed by atoms with E-state index in [1.165, 1.54) is 5.56 Å². The quantitative estimate of drug-likeness (QED) is 0.874. The molecule has 21 heavy (non-hydrogen) atoms. The summed E-state index contributed by atoms with van der Waals surface area (Å²) < 4.78 is 0. The average Bonchev–Trinajstić information content (AvgIpc) is 3.28. The summed E-state index contributed by atoms with van der Waals surface area (Å²) >= 11 is 0. The van der Waals surface area contributed by atoms with Crippen LogP contribution >= 0.6 is 0 Å². The number of carbonyl (C=O) groups is 1. The first-order valence-corrected chi connectivity index (χ1v) is 8.32. The first-order valence-electron chi connectivity index (χ1n) is 8.32. The van der Waals surface area contributed by atoms with Crippen LogP contribution in [0.2, 0.25) is 0 Å². The van der Waals surface area contributed by atoms with Crippen molar-refractivity contribution < 1.29 is 4.79 Å². The lowest BCUT2D eigenvalue weighted by Gasteiger charge is -2.36.